The summed E-state index contributed by atoms with van der Waals surface area (Å²) in [6.45, 7) is 6.02. The van der Waals surface area contributed by atoms with Gasteiger partial charge in [-0.3, -0.25) is 9.97 Å². The van der Waals surface area contributed by atoms with Crippen molar-refractivity contribution in [1.29, 1.82) is 5.26 Å². The summed E-state index contributed by atoms with van der Waals surface area (Å²) in [6, 6.07) is 9.81. The van der Waals surface area contributed by atoms with Crippen molar-refractivity contribution in [2.24, 2.45) is 0 Å². The average Bonchev–Trinajstić information content (AvgIpc) is 2.42. The van der Waals surface area contributed by atoms with E-state index in [2.05, 4.69) is 16.0 Å². The fraction of sp³-hybridized carbons (Fsp3) is 0.267. The molecule has 0 N–H and O–H groups in total. The van der Waals surface area contributed by atoms with Gasteiger partial charge in [-0.05, 0) is 42.3 Å². The zero-order valence-electron chi connectivity index (χ0n) is 11.0. The monoisotopic (exact) mass is 239 g/mol. The first-order chi connectivity index (χ1) is 8.79. The molecule has 2 aromatic rings. The van der Waals surface area contributed by atoms with Gasteiger partial charge in [0.05, 0.1) is 23.9 Å². The molecular weight excluding hydrogens is 222 g/mol. The first kappa shape index (κ1) is 13.9. The predicted molar refractivity (Wildman–Crippen MR) is 72.9 cm³/mol. The predicted octanol–water partition coefficient (Wildman–Crippen LogP) is 3.54. The molecule has 0 amide bonds. The van der Waals surface area contributed by atoms with Crippen LogP contribution in [0.3, 0.4) is 0 Å². The zero-order chi connectivity index (χ0) is 13.4. The minimum Gasteiger partial charge on any atom is -0.255 e. The average molecular weight is 239 g/mol. The Morgan fingerprint density at radius 1 is 1.06 bits per heavy atom. The molecule has 3 nitrogen and oxygen atoms in total. The number of nitrogens with zero attached hydrogens (tertiary/aromatic N) is 3. The molecule has 3 heteroatoms. The van der Waals surface area contributed by atoms with E-state index in [0.717, 1.165) is 22.5 Å². The Morgan fingerprint density at radius 2 is 1.67 bits per heavy atom. The second-order valence-electron chi connectivity index (χ2n) is 3.60. The van der Waals surface area contributed by atoms with Crippen molar-refractivity contribution in [1.82, 2.24) is 9.97 Å². The van der Waals surface area contributed by atoms with Gasteiger partial charge in [0.2, 0.25) is 0 Å². The van der Waals surface area contributed by atoms with Crippen molar-refractivity contribution in [3.63, 3.8) is 0 Å². The molecule has 0 bridgehead atoms. The third-order valence-electron chi connectivity index (χ3n) is 2.29. The highest BCUT2D eigenvalue weighted by molar-refractivity contribution is 5.55. The van der Waals surface area contributed by atoms with Gasteiger partial charge < -0.3 is 0 Å². The number of hydrogen-bond acceptors (Lipinski definition) is 3. The summed E-state index contributed by atoms with van der Waals surface area (Å²) in [5.74, 6) is 0. The second kappa shape index (κ2) is 7.18. The maximum Gasteiger partial charge on any atom is 0.0889 e. The van der Waals surface area contributed by atoms with Gasteiger partial charge in [0.1, 0.15) is 0 Å². The van der Waals surface area contributed by atoms with Gasteiger partial charge in [-0.2, -0.15) is 5.26 Å². The van der Waals surface area contributed by atoms with Gasteiger partial charge in [0, 0.05) is 12.4 Å². The molecule has 92 valence electrons. The summed E-state index contributed by atoms with van der Waals surface area (Å²) in [6.07, 6.45) is 3.89. The highest BCUT2D eigenvalue weighted by Gasteiger charge is 2.02. The first-order valence-corrected chi connectivity index (χ1v) is 6.04. The highest BCUT2D eigenvalue weighted by Crippen LogP contribution is 2.16. The maximum absolute atomic E-state index is 8.64. The van der Waals surface area contributed by atoms with Gasteiger partial charge in [-0.1, -0.05) is 13.8 Å². The molecule has 0 radical (unpaired) electrons. The number of nitriles is 1. The van der Waals surface area contributed by atoms with Gasteiger partial charge >= 0.3 is 0 Å². The van der Waals surface area contributed by atoms with E-state index in [1.165, 1.54) is 0 Å². The molecule has 0 aliphatic heterocycles. The number of rotatable bonds is 2. The fourth-order valence-corrected chi connectivity index (χ4v) is 1.49. The molecule has 0 aliphatic rings. The van der Waals surface area contributed by atoms with Crippen LogP contribution in [0, 0.1) is 18.3 Å². The molecule has 2 heterocycles. The van der Waals surface area contributed by atoms with Crippen molar-refractivity contribution in [2.45, 2.75) is 27.2 Å². The van der Waals surface area contributed by atoms with Crippen molar-refractivity contribution >= 4 is 0 Å². The van der Waals surface area contributed by atoms with E-state index in [1.54, 1.807) is 12.4 Å². The number of aromatic nitrogens is 2. The van der Waals surface area contributed by atoms with Crippen LogP contribution < -0.4 is 0 Å². The molecule has 0 saturated heterocycles. The van der Waals surface area contributed by atoms with E-state index in [1.807, 2.05) is 45.0 Å². The Balaban J connectivity index is 0.000000771. The summed E-state index contributed by atoms with van der Waals surface area (Å²) in [4.78, 5) is 8.53. The van der Waals surface area contributed by atoms with Crippen molar-refractivity contribution < 1.29 is 0 Å². The van der Waals surface area contributed by atoms with Crippen molar-refractivity contribution in [3.05, 3.63) is 47.8 Å². The van der Waals surface area contributed by atoms with Gasteiger partial charge in [0.25, 0.3) is 0 Å². The van der Waals surface area contributed by atoms with E-state index in [4.69, 9.17) is 5.26 Å². The van der Waals surface area contributed by atoms with Crippen molar-refractivity contribution in [3.8, 4) is 17.5 Å². The van der Waals surface area contributed by atoms with Crippen LogP contribution in [0.2, 0.25) is 0 Å². The smallest absolute Gasteiger partial charge is 0.0889 e. The molecule has 0 unspecified atom stereocenters. The lowest BCUT2D eigenvalue weighted by atomic mass is 10.1. The lowest BCUT2D eigenvalue weighted by Crippen LogP contribution is -1.90. The van der Waals surface area contributed by atoms with Crippen LogP contribution in [0.5, 0.6) is 0 Å². The molecule has 2 rings (SSSR count). The number of hydrogen-bond donors (Lipinski definition) is 0. The normalized spacial score (nSPS) is 9.00. The molecule has 0 saturated carbocycles. The van der Waals surface area contributed by atoms with Crippen LogP contribution in [0.4, 0.5) is 0 Å². The van der Waals surface area contributed by atoms with Gasteiger partial charge in [-0.15, -0.1) is 0 Å². The third-order valence-corrected chi connectivity index (χ3v) is 2.29. The maximum atomic E-state index is 8.64. The van der Waals surface area contributed by atoms with Crippen LogP contribution in [0.15, 0.2) is 36.7 Å². The summed E-state index contributed by atoms with van der Waals surface area (Å²) in [5.41, 5.74) is 3.78. The standard InChI is InChI=1S/C13H11N3.C2H6/c1-10-3-6-15-12(8-10)13-9-11(2-5-14)4-7-16-13;1-2/h3-4,6-9H,2H2,1H3;1-2H3. The summed E-state index contributed by atoms with van der Waals surface area (Å²) in [5, 5.41) is 8.64. The summed E-state index contributed by atoms with van der Waals surface area (Å²) in [7, 11) is 0. The lowest BCUT2D eigenvalue weighted by Gasteiger charge is -2.02. The van der Waals surface area contributed by atoms with Crippen LogP contribution in [-0.2, 0) is 6.42 Å². The van der Waals surface area contributed by atoms with Crippen LogP contribution in [0.1, 0.15) is 25.0 Å². The third kappa shape index (κ3) is 3.67. The Hall–Kier alpha value is -2.21. The number of aryl methyl sites for hydroxylation is 1. The van der Waals surface area contributed by atoms with Gasteiger partial charge in [-0.25, -0.2) is 0 Å². The zero-order valence-corrected chi connectivity index (χ0v) is 11.0. The molecular formula is C15H17N3. The Bertz CT molecular complexity index is 541. The first-order valence-electron chi connectivity index (χ1n) is 6.04. The van der Waals surface area contributed by atoms with Crippen LogP contribution in [-0.4, -0.2) is 9.97 Å². The molecule has 0 aliphatic carbocycles. The molecule has 0 spiro atoms. The topological polar surface area (TPSA) is 49.6 Å². The van der Waals surface area contributed by atoms with E-state index in [9.17, 15) is 0 Å². The Kier molecular flexibility index (Phi) is 5.53. The van der Waals surface area contributed by atoms with E-state index >= 15 is 0 Å². The van der Waals surface area contributed by atoms with E-state index in [0.29, 0.717) is 6.42 Å². The molecule has 0 fully saturated rings. The Labute approximate surface area is 108 Å². The van der Waals surface area contributed by atoms with E-state index in [-0.39, 0.29) is 0 Å². The minimum absolute atomic E-state index is 0.404. The summed E-state index contributed by atoms with van der Waals surface area (Å²) < 4.78 is 0. The highest BCUT2D eigenvalue weighted by atomic mass is 14.8. The molecule has 0 atom stereocenters. The van der Waals surface area contributed by atoms with Crippen molar-refractivity contribution in [2.75, 3.05) is 0 Å². The summed E-state index contributed by atoms with van der Waals surface area (Å²) >= 11 is 0. The second-order valence-corrected chi connectivity index (χ2v) is 3.60. The quantitative estimate of drug-likeness (QED) is 0.805. The van der Waals surface area contributed by atoms with E-state index < -0.39 is 0 Å². The Morgan fingerprint density at radius 3 is 2.28 bits per heavy atom. The fourth-order valence-electron chi connectivity index (χ4n) is 1.49. The van der Waals surface area contributed by atoms with Crippen LogP contribution >= 0.6 is 0 Å². The lowest BCUT2D eigenvalue weighted by molar-refractivity contribution is 1.18. The molecule has 0 aromatic carbocycles. The number of pyridine rings is 2. The van der Waals surface area contributed by atoms with Crippen LogP contribution in [0.25, 0.3) is 11.4 Å². The SMILES string of the molecule is CC.Cc1ccnc(-c2cc(CC#N)ccn2)c1. The largest absolute Gasteiger partial charge is 0.255 e. The molecule has 2 aromatic heterocycles. The molecule has 18 heavy (non-hydrogen) atoms. The van der Waals surface area contributed by atoms with Gasteiger partial charge in [0.15, 0.2) is 0 Å². The minimum atomic E-state index is 0.404.